The molecule has 0 amide bonds. The molecule has 1 fully saturated rings. The second kappa shape index (κ2) is 6.74. The zero-order chi connectivity index (χ0) is 16.4. The van der Waals surface area contributed by atoms with E-state index < -0.39 is 0 Å². The molecule has 0 radical (unpaired) electrons. The summed E-state index contributed by atoms with van der Waals surface area (Å²) in [6.45, 7) is 0. The minimum Gasteiger partial charge on any atom is -0.493 e. The van der Waals surface area contributed by atoms with E-state index in [4.69, 9.17) is 27.4 Å². The molecule has 0 aliphatic heterocycles. The zero-order valence-corrected chi connectivity index (χ0v) is 14.5. The van der Waals surface area contributed by atoms with Crippen molar-refractivity contribution in [1.29, 1.82) is 0 Å². The first kappa shape index (κ1) is 16.1. The van der Waals surface area contributed by atoms with Gasteiger partial charge in [0.1, 0.15) is 5.82 Å². The van der Waals surface area contributed by atoms with E-state index in [1.807, 2.05) is 16.7 Å². The Kier molecular flexibility index (Phi) is 4.71. The monoisotopic (exact) mass is 333 g/mol. The van der Waals surface area contributed by atoms with E-state index in [1.165, 1.54) is 25.7 Å². The van der Waals surface area contributed by atoms with Crippen molar-refractivity contribution in [3.05, 3.63) is 16.9 Å². The predicted molar refractivity (Wildman–Crippen MR) is 94.8 cm³/mol. The third-order valence-corrected chi connectivity index (χ3v) is 4.94. The minimum absolute atomic E-state index is 0.343. The summed E-state index contributed by atoms with van der Waals surface area (Å²) in [5.74, 6) is 1.96. The van der Waals surface area contributed by atoms with Crippen molar-refractivity contribution in [2.75, 3.05) is 20.0 Å². The van der Waals surface area contributed by atoms with Crippen LogP contribution < -0.4 is 15.2 Å². The summed E-state index contributed by atoms with van der Waals surface area (Å²) in [4.78, 5) is 4.59. The van der Waals surface area contributed by atoms with E-state index >= 15 is 0 Å². The van der Waals surface area contributed by atoms with Gasteiger partial charge >= 0.3 is 0 Å². The standard InChI is InChI=1S/C17H23N3O2S/c1-21-14-9-12-13(10-15(14)22-2)19-17(23)20(16(12)18)11-7-5-3-4-6-8-11/h9-11H,3-8,18H2,1-2H3. The molecule has 0 bridgehead atoms. The fourth-order valence-corrected chi connectivity index (χ4v) is 3.77. The van der Waals surface area contributed by atoms with Crippen molar-refractivity contribution in [3.8, 4) is 11.5 Å². The first-order valence-corrected chi connectivity index (χ1v) is 8.50. The Morgan fingerprint density at radius 2 is 1.70 bits per heavy atom. The molecule has 1 aromatic heterocycles. The Labute approximate surface area is 141 Å². The lowest BCUT2D eigenvalue weighted by molar-refractivity contribution is 0.355. The van der Waals surface area contributed by atoms with Gasteiger partial charge in [-0.1, -0.05) is 25.7 Å². The fraction of sp³-hybridized carbons (Fsp3) is 0.529. The number of benzene rings is 1. The van der Waals surface area contributed by atoms with Gasteiger partial charge in [-0.15, -0.1) is 0 Å². The molecule has 2 N–H and O–H groups in total. The number of methoxy groups -OCH3 is 2. The van der Waals surface area contributed by atoms with Crippen molar-refractivity contribution in [2.45, 2.75) is 44.6 Å². The van der Waals surface area contributed by atoms with Gasteiger partial charge in [-0.2, -0.15) is 0 Å². The predicted octanol–water partition coefficient (Wildman–Crippen LogP) is 4.26. The Morgan fingerprint density at radius 3 is 2.30 bits per heavy atom. The normalized spacial score (nSPS) is 16.3. The van der Waals surface area contributed by atoms with Crippen LogP contribution in [0.5, 0.6) is 11.5 Å². The molecule has 3 rings (SSSR count). The number of nitrogen functional groups attached to an aromatic ring is 1. The van der Waals surface area contributed by atoms with Gasteiger partial charge < -0.3 is 15.2 Å². The number of nitrogens with two attached hydrogens (primary N) is 1. The van der Waals surface area contributed by atoms with Crippen molar-refractivity contribution in [1.82, 2.24) is 9.55 Å². The van der Waals surface area contributed by atoms with Gasteiger partial charge in [0.25, 0.3) is 0 Å². The number of anilines is 1. The molecular formula is C17H23N3O2S. The SMILES string of the molecule is COc1cc2nc(=S)n(C3CCCCCC3)c(N)c2cc1OC. The highest BCUT2D eigenvalue weighted by molar-refractivity contribution is 7.71. The van der Waals surface area contributed by atoms with Gasteiger partial charge in [0.05, 0.1) is 19.7 Å². The van der Waals surface area contributed by atoms with Crippen molar-refractivity contribution in [3.63, 3.8) is 0 Å². The Morgan fingerprint density at radius 1 is 1.09 bits per heavy atom. The number of aromatic nitrogens is 2. The number of fused-ring (bicyclic) bond motifs is 1. The summed E-state index contributed by atoms with van der Waals surface area (Å²) in [7, 11) is 3.23. The van der Waals surface area contributed by atoms with Crippen molar-refractivity contribution >= 4 is 28.9 Å². The van der Waals surface area contributed by atoms with Gasteiger partial charge in [-0.3, -0.25) is 4.57 Å². The van der Waals surface area contributed by atoms with E-state index in [0.29, 0.717) is 28.1 Å². The second-order valence-electron chi connectivity index (χ2n) is 6.02. The highest BCUT2D eigenvalue weighted by Gasteiger charge is 2.19. The van der Waals surface area contributed by atoms with Crippen LogP contribution in [-0.4, -0.2) is 23.8 Å². The van der Waals surface area contributed by atoms with E-state index in [1.54, 1.807) is 14.2 Å². The molecule has 1 saturated carbocycles. The second-order valence-corrected chi connectivity index (χ2v) is 6.38. The first-order chi connectivity index (χ1) is 11.2. The molecule has 23 heavy (non-hydrogen) atoms. The molecule has 2 aromatic rings. The Hall–Kier alpha value is -1.82. The number of rotatable bonds is 3. The van der Waals surface area contributed by atoms with Crippen LogP contribution in [0.3, 0.4) is 0 Å². The highest BCUT2D eigenvalue weighted by atomic mass is 32.1. The third kappa shape index (κ3) is 3.00. The molecule has 0 unspecified atom stereocenters. The lowest BCUT2D eigenvalue weighted by Crippen LogP contribution is -2.16. The molecule has 6 heteroatoms. The van der Waals surface area contributed by atoms with Gasteiger partial charge in [-0.05, 0) is 31.1 Å². The summed E-state index contributed by atoms with van der Waals surface area (Å²) < 4.78 is 13.3. The number of hydrogen-bond acceptors (Lipinski definition) is 5. The zero-order valence-electron chi connectivity index (χ0n) is 13.7. The average Bonchev–Trinajstić information content (AvgIpc) is 2.83. The van der Waals surface area contributed by atoms with E-state index in [2.05, 4.69) is 4.98 Å². The molecule has 5 nitrogen and oxygen atoms in total. The highest BCUT2D eigenvalue weighted by Crippen LogP contribution is 2.36. The lowest BCUT2D eigenvalue weighted by Gasteiger charge is -2.22. The topological polar surface area (TPSA) is 62.3 Å². The maximum atomic E-state index is 6.48. The van der Waals surface area contributed by atoms with Crippen LogP contribution in [-0.2, 0) is 0 Å². The van der Waals surface area contributed by atoms with E-state index in [0.717, 1.165) is 23.7 Å². The van der Waals surface area contributed by atoms with Gasteiger partial charge in [-0.25, -0.2) is 4.98 Å². The summed E-state index contributed by atoms with van der Waals surface area (Å²) in [6.07, 6.45) is 7.23. The van der Waals surface area contributed by atoms with Crippen LogP contribution >= 0.6 is 12.2 Å². The number of nitrogens with zero attached hydrogens (tertiary/aromatic N) is 2. The van der Waals surface area contributed by atoms with Crippen LogP contribution in [0, 0.1) is 4.77 Å². The molecule has 0 atom stereocenters. The Bertz CT molecular complexity index is 765. The molecule has 0 spiro atoms. The van der Waals surface area contributed by atoms with Gasteiger partial charge in [0.2, 0.25) is 4.77 Å². The molecule has 1 aliphatic rings. The van der Waals surface area contributed by atoms with E-state index in [-0.39, 0.29) is 0 Å². The minimum atomic E-state index is 0.343. The quantitative estimate of drug-likeness (QED) is 0.671. The van der Waals surface area contributed by atoms with E-state index in [9.17, 15) is 0 Å². The smallest absolute Gasteiger partial charge is 0.201 e. The molecule has 1 aromatic carbocycles. The van der Waals surface area contributed by atoms with Crippen LogP contribution in [0.2, 0.25) is 0 Å². The molecule has 124 valence electrons. The average molecular weight is 333 g/mol. The molecule has 0 saturated heterocycles. The van der Waals surface area contributed by atoms with Gasteiger partial charge in [0, 0.05) is 17.5 Å². The van der Waals surface area contributed by atoms with Crippen molar-refractivity contribution < 1.29 is 9.47 Å². The molecule has 1 aliphatic carbocycles. The lowest BCUT2D eigenvalue weighted by atomic mass is 10.1. The number of hydrogen-bond donors (Lipinski definition) is 1. The Balaban J connectivity index is 2.17. The third-order valence-electron chi connectivity index (χ3n) is 4.65. The van der Waals surface area contributed by atoms with Crippen molar-refractivity contribution in [2.24, 2.45) is 0 Å². The fourth-order valence-electron chi connectivity index (χ4n) is 3.42. The number of ether oxygens (including phenoxy) is 2. The van der Waals surface area contributed by atoms with Crippen LogP contribution in [0.1, 0.15) is 44.6 Å². The van der Waals surface area contributed by atoms with Gasteiger partial charge in [0.15, 0.2) is 11.5 Å². The summed E-state index contributed by atoms with van der Waals surface area (Å²) in [6, 6.07) is 4.06. The van der Waals surface area contributed by atoms with Crippen LogP contribution in [0.25, 0.3) is 10.9 Å². The summed E-state index contributed by atoms with van der Waals surface area (Å²) in [5.41, 5.74) is 7.22. The molecule has 1 heterocycles. The first-order valence-electron chi connectivity index (χ1n) is 8.09. The van der Waals surface area contributed by atoms with Crippen LogP contribution in [0.15, 0.2) is 12.1 Å². The van der Waals surface area contributed by atoms with Crippen LogP contribution in [0.4, 0.5) is 5.82 Å². The summed E-state index contributed by atoms with van der Waals surface area (Å²) in [5, 5.41) is 0.862. The largest absolute Gasteiger partial charge is 0.493 e. The molecular weight excluding hydrogens is 310 g/mol. The maximum Gasteiger partial charge on any atom is 0.201 e. The maximum absolute atomic E-state index is 6.48. The summed E-state index contributed by atoms with van der Waals surface area (Å²) >= 11 is 5.53.